The Morgan fingerprint density at radius 1 is 1.17 bits per heavy atom. The number of oxazole rings is 1. The zero-order valence-corrected chi connectivity index (χ0v) is 16.1. The van der Waals surface area contributed by atoms with Crippen molar-refractivity contribution in [3.05, 3.63) is 71.4 Å². The maximum Gasteiger partial charge on any atom is 0.259 e. The Labute approximate surface area is 167 Å². The van der Waals surface area contributed by atoms with Gasteiger partial charge in [-0.1, -0.05) is 12.7 Å². The summed E-state index contributed by atoms with van der Waals surface area (Å²) in [7, 11) is 3.05. The fraction of sp³-hybridized carbons (Fsp3) is 0.0909. The molecule has 0 saturated heterocycles. The molecule has 1 amide bonds. The standard InChI is InChI=1S/C22H21N3O4/c1-4-5-19-18(13-23)25-22(29-19)14-6-8-15(9-7-14)24-21(26)17-11-10-16(27-2)12-20(17)28-3/h4-13H,1,23H2,2-3H3,(H,24,26)/b18-13+,19-5+. The lowest BCUT2D eigenvalue weighted by atomic mass is 10.1. The van der Waals surface area contributed by atoms with Crippen LogP contribution in [-0.4, -0.2) is 25.1 Å². The van der Waals surface area contributed by atoms with Crippen LogP contribution in [0.5, 0.6) is 11.5 Å². The van der Waals surface area contributed by atoms with E-state index in [4.69, 9.17) is 19.6 Å². The second-order valence-corrected chi connectivity index (χ2v) is 5.94. The summed E-state index contributed by atoms with van der Waals surface area (Å²) < 4.78 is 16.1. The smallest absolute Gasteiger partial charge is 0.259 e. The summed E-state index contributed by atoms with van der Waals surface area (Å²) in [5.41, 5.74) is 7.88. The van der Waals surface area contributed by atoms with Gasteiger partial charge in [-0.2, -0.15) is 0 Å². The van der Waals surface area contributed by atoms with Crippen LogP contribution in [0.3, 0.4) is 0 Å². The van der Waals surface area contributed by atoms with E-state index in [1.807, 2.05) is 0 Å². The van der Waals surface area contributed by atoms with E-state index in [0.717, 1.165) is 5.56 Å². The van der Waals surface area contributed by atoms with Crippen LogP contribution in [-0.2, 0) is 0 Å². The molecule has 7 nitrogen and oxygen atoms in total. The maximum atomic E-state index is 12.6. The minimum Gasteiger partial charge on any atom is -0.497 e. The number of benzene rings is 2. The summed E-state index contributed by atoms with van der Waals surface area (Å²) in [6.07, 6.45) is 4.66. The molecular formula is C22H21N3O4. The highest BCUT2D eigenvalue weighted by Crippen LogP contribution is 2.26. The molecule has 0 spiro atoms. The third-order valence-electron chi connectivity index (χ3n) is 4.15. The number of rotatable bonds is 6. The van der Waals surface area contributed by atoms with Crippen LogP contribution in [0.2, 0.25) is 0 Å². The fourth-order valence-corrected chi connectivity index (χ4v) is 2.69. The van der Waals surface area contributed by atoms with Crippen LogP contribution in [0, 0.1) is 0 Å². The molecule has 0 aliphatic carbocycles. The fourth-order valence-electron chi connectivity index (χ4n) is 2.69. The number of ether oxygens (including phenoxy) is 2. The van der Waals surface area contributed by atoms with Crippen molar-refractivity contribution in [3.63, 3.8) is 0 Å². The number of aromatic nitrogens is 1. The molecule has 7 heteroatoms. The van der Waals surface area contributed by atoms with E-state index in [-0.39, 0.29) is 5.91 Å². The summed E-state index contributed by atoms with van der Waals surface area (Å²) in [5.74, 6) is 1.16. The molecule has 0 radical (unpaired) electrons. The number of nitrogens with zero attached hydrogens (tertiary/aromatic N) is 1. The Bertz CT molecular complexity index is 1150. The SMILES string of the molecule is C=C/C=c1/oc(-c2ccc(NC(=O)c3ccc(OC)cc3OC)cc2)n/c1=C/N. The number of hydrogen-bond donors (Lipinski definition) is 2. The Balaban J connectivity index is 1.82. The van der Waals surface area contributed by atoms with Crippen LogP contribution in [0.25, 0.3) is 23.7 Å². The van der Waals surface area contributed by atoms with Crippen molar-refractivity contribution in [1.82, 2.24) is 4.98 Å². The molecular weight excluding hydrogens is 370 g/mol. The number of nitrogens with two attached hydrogens (primary N) is 1. The Morgan fingerprint density at radius 3 is 2.55 bits per heavy atom. The highest BCUT2D eigenvalue weighted by molar-refractivity contribution is 6.06. The number of methoxy groups -OCH3 is 2. The van der Waals surface area contributed by atoms with Gasteiger partial charge in [0.15, 0.2) is 5.42 Å². The van der Waals surface area contributed by atoms with Gasteiger partial charge in [0.05, 0.1) is 19.8 Å². The number of carbonyl (C=O) groups is 1. The minimum absolute atomic E-state index is 0.295. The van der Waals surface area contributed by atoms with Crippen LogP contribution < -0.4 is 31.3 Å². The lowest BCUT2D eigenvalue weighted by Gasteiger charge is -2.11. The number of nitrogens with one attached hydrogen (secondary N) is 1. The number of amides is 1. The van der Waals surface area contributed by atoms with Gasteiger partial charge < -0.3 is 24.9 Å². The molecule has 3 aromatic rings. The molecule has 0 aliphatic rings. The number of hydrogen-bond acceptors (Lipinski definition) is 6. The zero-order valence-electron chi connectivity index (χ0n) is 16.1. The zero-order chi connectivity index (χ0) is 20.8. The third kappa shape index (κ3) is 4.30. The second-order valence-electron chi connectivity index (χ2n) is 5.94. The van der Waals surface area contributed by atoms with Crippen LogP contribution in [0.4, 0.5) is 5.69 Å². The third-order valence-corrected chi connectivity index (χ3v) is 4.15. The largest absolute Gasteiger partial charge is 0.497 e. The maximum absolute atomic E-state index is 12.6. The van der Waals surface area contributed by atoms with Gasteiger partial charge in [-0.05, 0) is 42.5 Å². The molecule has 0 aliphatic heterocycles. The monoisotopic (exact) mass is 391 g/mol. The summed E-state index contributed by atoms with van der Waals surface area (Å²) in [6.45, 7) is 3.65. The van der Waals surface area contributed by atoms with E-state index in [1.165, 1.54) is 13.3 Å². The molecule has 1 aromatic heterocycles. The summed E-state index contributed by atoms with van der Waals surface area (Å²) in [5, 5.41) is 3.37. The van der Waals surface area contributed by atoms with Crippen molar-refractivity contribution >= 4 is 23.9 Å². The summed E-state index contributed by atoms with van der Waals surface area (Å²) >= 11 is 0. The normalized spacial score (nSPS) is 11.9. The van der Waals surface area contributed by atoms with Gasteiger partial charge in [-0.3, -0.25) is 4.79 Å². The van der Waals surface area contributed by atoms with Crippen LogP contribution in [0.1, 0.15) is 10.4 Å². The first kappa shape index (κ1) is 19.8. The molecule has 29 heavy (non-hydrogen) atoms. The molecule has 2 aromatic carbocycles. The van der Waals surface area contributed by atoms with E-state index >= 15 is 0 Å². The van der Waals surface area contributed by atoms with Crippen molar-refractivity contribution in [2.45, 2.75) is 0 Å². The van der Waals surface area contributed by atoms with E-state index in [0.29, 0.717) is 39.4 Å². The summed E-state index contributed by atoms with van der Waals surface area (Å²) in [6, 6.07) is 12.1. The average molecular weight is 391 g/mol. The molecule has 0 unspecified atom stereocenters. The molecule has 3 rings (SSSR count). The number of anilines is 1. The van der Waals surface area contributed by atoms with E-state index in [9.17, 15) is 4.79 Å². The summed E-state index contributed by atoms with van der Waals surface area (Å²) in [4.78, 5) is 17.0. The number of carbonyl (C=O) groups excluding carboxylic acids is 1. The highest BCUT2D eigenvalue weighted by atomic mass is 16.5. The second kappa shape index (κ2) is 8.79. The Kier molecular flexibility index (Phi) is 5.99. The number of allylic oxidation sites excluding steroid dienone is 1. The molecule has 0 fully saturated rings. The molecule has 0 atom stereocenters. The predicted molar refractivity (Wildman–Crippen MR) is 112 cm³/mol. The van der Waals surface area contributed by atoms with Gasteiger partial charge in [0.1, 0.15) is 16.8 Å². The lowest BCUT2D eigenvalue weighted by Crippen LogP contribution is -2.23. The van der Waals surface area contributed by atoms with Gasteiger partial charge in [0.2, 0.25) is 5.89 Å². The van der Waals surface area contributed by atoms with Crippen molar-refractivity contribution in [3.8, 4) is 23.0 Å². The van der Waals surface area contributed by atoms with Gasteiger partial charge in [0.25, 0.3) is 5.91 Å². The van der Waals surface area contributed by atoms with E-state index in [2.05, 4.69) is 16.9 Å². The Hall–Kier alpha value is -4.00. The van der Waals surface area contributed by atoms with E-state index in [1.54, 1.807) is 61.7 Å². The van der Waals surface area contributed by atoms with Crippen LogP contribution in [0.15, 0.2) is 59.5 Å². The van der Waals surface area contributed by atoms with Crippen molar-refractivity contribution in [2.24, 2.45) is 5.73 Å². The van der Waals surface area contributed by atoms with Gasteiger partial charge in [-0.15, -0.1) is 0 Å². The first-order valence-electron chi connectivity index (χ1n) is 8.75. The molecule has 0 bridgehead atoms. The topological polar surface area (TPSA) is 99.6 Å². The van der Waals surface area contributed by atoms with Gasteiger partial charge >= 0.3 is 0 Å². The first-order chi connectivity index (χ1) is 14.1. The lowest BCUT2D eigenvalue weighted by molar-refractivity contribution is 0.102. The molecule has 0 saturated carbocycles. The van der Waals surface area contributed by atoms with Crippen molar-refractivity contribution in [1.29, 1.82) is 0 Å². The van der Waals surface area contributed by atoms with Crippen molar-refractivity contribution in [2.75, 3.05) is 19.5 Å². The quantitative estimate of drug-likeness (QED) is 0.669. The molecule has 1 heterocycles. The van der Waals surface area contributed by atoms with E-state index < -0.39 is 0 Å². The highest BCUT2D eigenvalue weighted by Gasteiger charge is 2.14. The average Bonchev–Trinajstić information content (AvgIpc) is 3.17. The van der Waals surface area contributed by atoms with Crippen molar-refractivity contribution < 1.29 is 18.7 Å². The Morgan fingerprint density at radius 2 is 1.93 bits per heavy atom. The van der Waals surface area contributed by atoms with Gasteiger partial charge in [0, 0.05) is 23.5 Å². The minimum atomic E-state index is -0.295. The van der Waals surface area contributed by atoms with Gasteiger partial charge in [-0.25, -0.2) is 4.98 Å². The van der Waals surface area contributed by atoms with Crippen LogP contribution >= 0.6 is 0 Å². The molecule has 3 N–H and O–H groups in total. The predicted octanol–water partition coefficient (Wildman–Crippen LogP) is 2.27. The first-order valence-corrected chi connectivity index (χ1v) is 8.75. The molecule has 148 valence electrons.